The normalized spacial score (nSPS) is 14.1. The highest BCUT2D eigenvalue weighted by Gasteiger charge is 2.24. The number of benzene rings is 1. The molecule has 0 heterocycles. The van der Waals surface area contributed by atoms with Gasteiger partial charge in [-0.1, -0.05) is 30.3 Å². The lowest BCUT2D eigenvalue weighted by atomic mass is 10.2. The van der Waals surface area contributed by atoms with Crippen molar-refractivity contribution in [1.82, 2.24) is 5.32 Å². The van der Waals surface area contributed by atoms with Gasteiger partial charge in [-0.15, -0.1) is 0 Å². The fraction of sp³-hybridized carbons (Fsp3) is 0.417. The summed E-state index contributed by atoms with van der Waals surface area (Å²) in [6, 6.07) is 7.86. The molecule has 0 aliphatic rings. The van der Waals surface area contributed by atoms with Crippen molar-refractivity contribution in [3.63, 3.8) is 0 Å². The van der Waals surface area contributed by atoms with Gasteiger partial charge >= 0.3 is 6.09 Å². The lowest BCUT2D eigenvalue weighted by Crippen LogP contribution is -2.49. The van der Waals surface area contributed by atoms with Crippen LogP contribution < -0.4 is 5.32 Å². The lowest BCUT2D eigenvalue weighted by molar-refractivity contribution is -0.0919. The molecule has 0 fully saturated rings. The molecule has 4 N–H and O–H groups in total. The SMILES string of the molecule is C[C@@H](O)[C@H](NC(=O)OCc1ccccc1)C(O)O. The summed E-state index contributed by atoms with van der Waals surface area (Å²) in [5.41, 5.74) is 0.811. The van der Waals surface area contributed by atoms with E-state index in [0.717, 1.165) is 5.56 Å². The Morgan fingerprint density at radius 3 is 2.39 bits per heavy atom. The first-order chi connectivity index (χ1) is 8.50. The van der Waals surface area contributed by atoms with Gasteiger partial charge in [-0.25, -0.2) is 4.79 Å². The molecule has 0 saturated heterocycles. The van der Waals surface area contributed by atoms with Gasteiger partial charge in [0.1, 0.15) is 12.6 Å². The van der Waals surface area contributed by atoms with E-state index in [-0.39, 0.29) is 6.61 Å². The zero-order chi connectivity index (χ0) is 13.5. The van der Waals surface area contributed by atoms with Crippen molar-refractivity contribution in [2.24, 2.45) is 0 Å². The number of carbonyl (C=O) groups is 1. The molecule has 0 bridgehead atoms. The number of hydrogen-bond acceptors (Lipinski definition) is 5. The molecule has 0 radical (unpaired) electrons. The van der Waals surface area contributed by atoms with Gasteiger partial charge in [0.2, 0.25) is 0 Å². The largest absolute Gasteiger partial charge is 0.445 e. The zero-order valence-corrected chi connectivity index (χ0v) is 9.98. The first kappa shape index (κ1) is 14.4. The van der Waals surface area contributed by atoms with Gasteiger partial charge in [-0.05, 0) is 12.5 Å². The molecule has 0 aliphatic heterocycles. The van der Waals surface area contributed by atoms with E-state index < -0.39 is 24.5 Å². The van der Waals surface area contributed by atoms with Gasteiger partial charge in [0.05, 0.1) is 6.10 Å². The molecular weight excluding hydrogens is 238 g/mol. The molecule has 1 aromatic rings. The fourth-order valence-electron chi connectivity index (χ4n) is 1.35. The van der Waals surface area contributed by atoms with Crippen LogP contribution in [0.5, 0.6) is 0 Å². The Bertz CT molecular complexity index is 358. The van der Waals surface area contributed by atoms with Gasteiger partial charge in [0.25, 0.3) is 0 Å². The average molecular weight is 255 g/mol. The molecule has 100 valence electrons. The minimum atomic E-state index is -1.85. The van der Waals surface area contributed by atoms with Crippen molar-refractivity contribution >= 4 is 6.09 Å². The second-order valence-corrected chi connectivity index (χ2v) is 3.89. The molecule has 6 heteroatoms. The van der Waals surface area contributed by atoms with E-state index in [9.17, 15) is 9.90 Å². The van der Waals surface area contributed by atoms with Crippen molar-refractivity contribution in [3.05, 3.63) is 35.9 Å². The molecule has 6 nitrogen and oxygen atoms in total. The van der Waals surface area contributed by atoms with E-state index in [1.54, 1.807) is 12.1 Å². The number of ether oxygens (including phenoxy) is 1. The van der Waals surface area contributed by atoms with Gasteiger partial charge < -0.3 is 25.4 Å². The summed E-state index contributed by atoms with van der Waals surface area (Å²) in [4.78, 5) is 11.4. The second-order valence-electron chi connectivity index (χ2n) is 3.89. The van der Waals surface area contributed by atoms with Crippen LogP contribution >= 0.6 is 0 Å². The topological polar surface area (TPSA) is 99.0 Å². The Morgan fingerprint density at radius 2 is 1.89 bits per heavy atom. The first-order valence-corrected chi connectivity index (χ1v) is 5.52. The molecule has 0 saturated carbocycles. The van der Waals surface area contributed by atoms with Crippen LogP contribution in [-0.2, 0) is 11.3 Å². The van der Waals surface area contributed by atoms with Crippen LogP contribution in [0.4, 0.5) is 4.79 Å². The maximum absolute atomic E-state index is 11.4. The lowest BCUT2D eigenvalue weighted by Gasteiger charge is -2.22. The summed E-state index contributed by atoms with van der Waals surface area (Å²) >= 11 is 0. The number of aliphatic hydroxyl groups excluding tert-OH is 2. The minimum absolute atomic E-state index is 0.0702. The summed E-state index contributed by atoms with van der Waals surface area (Å²) in [5, 5.41) is 29.3. The van der Waals surface area contributed by atoms with Crippen LogP contribution in [0, 0.1) is 0 Å². The Kier molecular flexibility index (Phi) is 5.57. The molecule has 0 aliphatic carbocycles. The summed E-state index contributed by atoms with van der Waals surface area (Å²) < 4.78 is 4.88. The minimum Gasteiger partial charge on any atom is -0.445 e. The van der Waals surface area contributed by atoms with E-state index in [4.69, 9.17) is 14.9 Å². The van der Waals surface area contributed by atoms with Gasteiger partial charge in [-0.2, -0.15) is 0 Å². The predicted octanol–water partition coefficient (Wildman–Crippen LogP) is -0.0271. The maximum atomic E-state index is 11.4. The smallest absolute Gasteiger partial charge is 0.407 e. The van der Waals surface area contributed by atoms with E-state index in [1.165, 1.54) is 6.92 Å². The van der Waals surface area contributed by atoms with E-state index in [0.29, 0.717) is 0 Å². The quantitative estimate of drug-likeness (QED) is 0.554. The highest BCUT2D eigenvalue weighted by molar-refractivity contribution is 5.67. The number of hydrogen-bond donors (Lipinski definition) is 4. The predicted molar refractivity (Wildman–Crippen MR) is 63.5 cm³/mol. The second kappa shape index (κ2) is 6.95. The molecular formula is C12H17NO5. The molecule has 0 spiro atoms. The van der Waals surface area contributed by atoms with Gasteiger partial charge in [0.15, 0.2) is 6.29 Å². The van der Waals surface area contributed by atoms with Crippen molar-refractivity contribution in [3.8, 4) is 0 Å². The molecule has 1 amide bonds. The van der Waals surface area contributed by atoms with Crippen LogP contribution in [0.2, 0.25) is 0 Å². The summed E-state index contributed by atoms with van der Waals surface area (Å²) in [5.74, 6) is 0. The Hall–Kier alpha value is -1.63. The Balaban J connectivity index is 2.41. The van der Waals surface area contributed by atoms with Gasteiger partial charge in [-0.3, -0.25) is 0 Å². The van der Waals surface area contributed by atoms with Gasteiger partial charge in [0, 0.05) is 0 Å². The van der Waals surface area contributed by atoms with E-state index in [2.05, 4.69) is 5.32 Å². The standard InChI is InChI=1S/C12H17NO5/c1-8(14)10(11(15)16)13-12(17)18-7-9-5-3-2-4-6-9/h2-6,8,10-11,14-16H,7H2,1H3,(H,13,17)/t8-,10+/m1/s1. The third kappa shape index (κ3) is 4.70. The van der Waals surface area contributed by atoms with Crippen LogP contribution in [0.15, 0.2) is 30.3 Å². The number of carbonyl (C=O) groups excluding carboxylic acids is 1. The molecule has 1 aromatic carbocycles. The molecule has 1 rings (SSSR count). The van der Waals surface area contributed by atoms with Crippen LogP contribution in [-0.4, -0.2) is 39.8 Å². The fourth-order valence-corrected chi connectivity index (χ4v) is 1.35. The van der Waals surface area contributed by atoms with Crippen LogP contribution in [0.3, 0.4) is 0 Å². The monoisotopic (exact) mass is 255 g/mol. The zero-order valence-electron chi connectivity index (χ0n) is 9.98. The number of nitrogens with one attached hydrogen (secondary N) is 1. The van der Waals surface area contributed by atoms with Crippen LogP contribution in [0.1, 0.15) is 12.5 Å². The average Bonchev–Trinajstić information content (AvgIpc) is 2.34. The van der Waals surface area contributed by atoms with Crippen molar-refractivity contribution in [2.75, 3.05) is 0 Å². The van der Waals surface area contributed by atoms with Crippen molar-refractivity contribution in [2.45, 2.75) is 32.0 Å². The molecule has 0 unspecified atom stereocenters. The number of rotatable bonds is 5. The highest BCUT2D eigenvalue weighted by atomic mass is 16.5. The Morgan fingerprint density at radius 1 is 1.28 bits per heavy atom. The first-order valence-electron chi connectivity index (χ1n) is 5.52. The number of aliphatic hydroxyl groups is 3. The third-order valence-corrected chi connectivity index (χ3v) is 2.34. The third-order valence-electron chi connectivity index (χ3n) is 2.34. The van der Waals surface area contributed by atoms with Crippen molar-refractivity contribution < 1.29 is 24.9 Å². The summed E-state index contributed by atoms with van der Waals surface area (Å²) in [6.07, 6.45) is -3.78. The Labute approximate surface area is 105 Å². The molecule has 0 aromatic heterocycles. The van der Waals surface area contributed by atoms with E-state index >= 15 is 0 Å². The highest BCUT2D eigenvalue weighted by Crippen LogP contribution is 2.02. The summed E-state index contributed by atoms with van der Waals surface area (Å²) in [7, 11) is 0. The van der Waals surface area contributed by atoms with E-state index in [1.807, 2.05) is 18.2 Å². The molecule has 2 atom stereocenters. The summed E-state index contributed by atoms with van der Waals surface area (Å²) in [6.45, 7) is 1.41. The molecule has 18 heavy (non-hydrogen) atoms. The maximum Gasteiger partial charge on any atom is 0.407 e. The van der Waals surface area contributed by atoms with Crippen LogP contribution in [0.25, 0.3) is 0 Å². The number of alkyl carbamates (subject to hydrolysis) is 1. The van der Waals surface area contributed by atoms with Crippen molar-refractivity contribution in [1.29, 1.82) is 0 Å². The number of amides is 1.